The van der Waals surface area contributed by atoms with Gasteiger partial charge in [0, 0.05) is 6.04 Å². The Morgan fingerprint density at radius 2 is 1.58 bits per heavy atom. The van der Waals surface area contributed by atoms with E-state index in [9.17, 15) is 0 Å². The lowest BCUT2D eigenvalue weighted by molar-refractivity contribution is -0.267. The summed E-state index contributed by atoms with van der Waals surface area (Å²) in [4.78, 5) is 2.51. The highest BCUT2D eigenvalue weighted by Crippen LogP contribution is 2.38. The fourth-order valence-corrected chi connectivity index (χ4v) is 3.91. The summed E-state index contributed by atoms with van der Waals surface area (Å²) in [6.45, 7) is 9.75. The Kier molecular flexibility index (Phi) is 6.47. The van der Waals surface area contributed by atoms with E-state index in [0.717, 1.165) is 13.0 Å². The predicted octanol–water partition coefficient (Wildman–Crippen LogP) is 5.35. The highest BCUT2D eigenvalue weighted by atomic mass is 16.7. The lowest BCUT2D eigenvalue weighted by Gasteiger charge is -2.48. The molecular formula is C23H31NO2. The van der Waals surface area contributed by atoms with Gasteiger partial charge in [0.15, 0.2) is 6.29 Å². The molecule has 2 aromatic carbocycles. The quantitative estimate of drug-likeness (QED) is 0.698. The van der Waals surface area contributed by atoms with Crippen LogP contribution in [0.4, 0.5) is 0 Å². The van der Waals surface area contributed by atoms with E-state index >= 15 is 0 Å². The lowest BCUT2D eigenvalue weighted by atomic mass is 9.98. The van der Waals surface area contributed by atoms with Gasteiger partial charge >= 0.3 is 0 Å². The second-order valence-electron chi connectivity index (χ2n) is 7.08. The van der Waals surface area contributed by atoms with Crippen LogP contribution in [0.3, 0.4) is 0 Å². The molecule has 0 amide bonds. The molecular weight excluding hydrogens is 322 g/mol. The van der Waals surface area contributed by atoms with Crippen LogP contribution >= 0.6 is 0 Å². The molecule has 3 heteroatoms. The monoisotopic (exact) mass is 353 g/mol. The molecule has 1 aliphatic rings. The molecule has 1 heterocycles. The van der Waals surface area contributed by atoms with Crippen LogP contribution in [0.1, 0.15) is 57.4 Å². The van der Waals surface area contributed by atoms with Crippen molar-refractivity contribution in [3.8, 4) is 0 Å². The zero-order chi connectivity index (χ0) is 18.5. The maximum Gasteiger partial charge on any atom is 0.178 e. The normalized spacial score (nSPS) is 28.0. The van der Waals surface area contributed by atoms with E-state index < -0.39 is 0 Å². The van der Waals surface area contributed by atoms with Crippen LogP contribution in [0.5, 0.6) is 0 Å². The predicted molar refractivity (Wildman–Crippen MR) is 106 cm³/mol. The molecule has 0 N–H and O–H groups in total. The van der Waals surface area contributed by atoms with Crippen LogP contribution in [0.2, 0.25) is 0 Å². The van der Waals surface area contributed by atoms with E-state index in [1.54, 1.807) is 0 Å². The highest BCUT2D eigenvalue weighted by molar-refractivity contribution is 5.22. The second-order valence-corrected chi connectivity index (χ2v) is 7.08. The molecule has 3 rings (SSSR count). The fraction of sp³-hybridized carbons (Fsp3) is 0.478. The fourth-order valence-electron chi connectivity index (χ4n) is 3.91. The second kappa shape index (κ2) is 8.81. The molecule has 1 saturated heterocycles. The van der Waals surface area contributed by atoms with Gasteiger partial charge in [0.1, 0.15) is 0 Å². The minimum Gasteiger partial charge on any atom is -0.346 e. The molecule has 3 nitrogen and oxygen atoms in total. The Morgan fingerprint density at radius 3 is 2.15 bits per heavy atom. The molecule has 0 saturated carbocycles. The first-order valence-electron chi connectivity index (χ1n) is 9.82. The van der Waals surface area contributed by atoms with Crippen molar-refractivity contribution in [1.82, 2.24) is 4.90 Å². The van der Waals surface area contributed by atoms with Gasteiger partial charge in [0.05, 0.1) is 18.2 Å². The number of hydrogen-bond acceptors (Lipinski definition) is 3. The number of benzene rings is 2. The third kappa shape index (κ3) is 4.01. The Hall–Kier alpha value is -1.68. The molecule has 0 radical (unpaired) electrons. The minimum absolute atomic E-state index is 0.0340. The summed E-state index contributed by atoms with van der Waals surface area (Å²) < 4.78 is 13.0. The molecule has 0 aliphatic carbocycles. The smallest absolute Gasteiger partial charge is 0.178 e. The van der Waals surface area contributed by atoms with Crippen molar-refractivity contribution in [3.05, 3.63) is 71.8 Å². The Morgan fingerprint density at radius 1 is 0.962 bits per heavy atom. The molecule has 4 unspecified atom stereocenters. The van der Waals surface area contributed by atoms with Gasteiger partial charge in [-0.2, -0.15) is 0 Å². The lowest BCUT2D eigenvalue weighted by Crippen LogP contribution is -2.55. The largest absolute Gasteiger partial charge is 0.346 e. The third-order valence-corrected chi connectivity index (χ3v) is 5.51. The average molecular weight is 354 g/mol. The van der Waals surface area contributed by atoms with E-state index in [0.29, 0.717) is 6.04 Å². The summed E-state index contributed by atoms with van der Waals surface area (Å²) >= 11 is 0. The van der Waals surface area contributed by atoms with Crippen LogP contribution in [0.25, 0.3) is 0 Å². The molecule has 0 aromatic heterocycles. The molecule has 1 fully saturated rings. The number of likely N-dealkylation sites (N-methyl/N-ethyl adjacent to an activating group) is 1. The van der Waals surface area contributed by atoms with E-state index in [1.165, 1.54) is 11.1 Å². The first kappa shape index (κ1) is 19.1. The van der Waals surface area contributed by atoms with Crippen LogP contribution in [-0.2, 0) is 9.47 Å². The van der Waals surface area contributed by atoms with Gasteiger partial charge in [0.2, 0.25) is 0 Å². The topological polar surface area (TPSA) is 21.7 Å². The maximum atomic E-state index is 6.58. The van der Waals surface area contributed by atoms with Gasteiger partial charge in [0.25, 0.3) is 0 Å². The van der Waals surface area contributed by atoms with E-state index in [1.807, 2.05) is 6.07 Å². The summed E-state index contributed by atoms with van der Waals surface area (Å²) in [6.07, 6.45) is 0.801. The summed E-state index contributed by atoms with van der Waals surface area (Å²) in [5.74, 6) is 0. The molecule has 2 aromatic rings. The van der Waals surface area contributed by atoms with Crippen LogP contribution < -0.4 is 0 Å². The maximum absolute atomic E-state index is 6.58. The first-order valence-corrected chi connectivity index (χ1v) is 9.82. The first-order chi connectivity index (χ1) is 12.7. The molecule has 5 atom stereocenters. The highest BCUT2D eigenvalue weighted by Gasteiger charge is 2.41. The number of nitrogens with zero attached hydrogens (tertiary/aromatic N) is 1. The standard InChI is InChI=1S/C23H31NO2/c1-5-21(19-13-9-7-10-14-19)26-23-22(20-15-11-8-12-16-20)24(6-2)17(3)18(4)25-23/h7-18,21-23H,5-6H2,1-4H3/t17?,18?,21?,22-,23?/m0/s1. The van der Waals surface area contributed by atoms with Gasteiger partial charge in [-0.1, -0.05) is 74.5 Å². The van der Waals surface area contributed by atoms with Gasteiger partial charge < -0.3 is 9.47 Å². The number of morpholine rings is 1. The number of hydrogen-bond donors (Lipinski definition) is 0. The van der Waals surface area contributed by atoms with Crippen LogP contribution in [0.15, 0.2) is 60.7 Å². The Balaban J connectivity index is 1.91. The van der Waals surface area contributed by atoms with E-state index in [-0.39, 0.29) is 24.5 Å². The average Bonchev–Trinajstić information content (AvgIpc) is 2.69. The van der Waals surface area contributed by atoms with Crippen molar-refractivity contribution in [2.75, 3.05) is 6.54 Å². The molecule has 0 bridgehead atoms. The van der Waals surface area contributed by atoms with Crippen LogP contribution in [0, 0.1) is 0 Å². The van der Waals surface area contributed by atoms with Gasteiger partial charge in [-0.25, -0.2) is 0 Å². The molecule has 1 aliphatic heterocycles. The third-order valence-electron chi connectivity index (χ3n) is 5.51. The van der Waals surface area contributed by atoms with E-state index in [4.69, 9.17) is 9.47 Å². The van der Waals surface area contributed by atoms with Gasteiger partial charge in [-0.3, -0.25) is 4.90 Å². The van der Waals surface area contributed by atoms with Crippen molar-refractivity contribution < 1.29 is 9.47 Å². The number of ether oxygens (including phenoxy) is 2. The zero-order valence-electron chi connectivity index (χ0n) is 16.3. The SMILES string of the molecule is CCC(OC1OC(C)C(C)N(CC)[C@H]1c1ccccc1)c1ccccc1. The zero-order valence-corrected chi connectivity index (χ0v) is 16.3. The van der Waals surface area contributed by atoms with Gasteiger partial charge in [-0.05, 0) is 37.9 Å². The van der Waals surface area contributed by atoms with Crippen molar-refractivity contribution in [2.24, 2.45) is 0 Å². The molecule has 0 spiro atoms. The molecule has 140 valence electrons. The summed E-state index contributed by atoms with van der Waals surface area (Å²) in [7, 11) is 0. The summed E-state index contributed by atoms with van der Waals surface area (Å²) in [6, 6.07) is 21.5. The minimum atomic E-state index is -0.284. The Labute approximate surface area is 157 Å². The van der Waals surface area contributed by atoms with Crippen molar-refractivity contribution in [2.45, 2.75) is 64.7 Å². The van der Waals surface area contributed by atoms with Crippen molar-refractivity contribution in [3.63, 3.8) is 0 Å². The van der Waals surface area contributed by atoms with Crippen molar-refractivity contribution >= 4 is 0 Å². The Bertz CT molecular complexity index is 660. The molecule has 26 heavy (non-hydrogen) atoms. The van der Waals surface area contributed by atoms with Crippen molar-refractivity contribution in [1.29, 1.82) is 0 Å². The summed E-state index contributed by atoms with van der Waals surface area (Å²) in [5, 5.41) is 0. The van der Waals surface area contributed by atoms with E-state index in [2.05, 4.69) is 87.2 Å². The van der Waals surface area contributed by atoms with Gasteiger partial charge in [-0.15, -0.1) is 0 Å². The van der Waals surface area contributed by atoms with Crippen LogP contribution in [-0.4, -0.2) is 29.9 Å². The number of rotatable bonds is 6. The summed E-state index contributed by atoms with van der Waals surface area (Å²) in [5.41, 5.74) is 2.46.